The van der Waals surface area contributed by atoms with Crippen LogP contribution in [-0.4, -0.2) is 62.4 Å². The van der Waals surface area contributed by atoms with E-state index in [9.17, 15) is 27.9 Å². The lowest BCUT2D eigenvalue weighted by Crippen LogP contribution is -2.43. The number of sulfonamides is 1. The first-order chi connectivity index (χ1) is 16.9. The first-order valence-corrected chi connectivity index (χ1v) is 13.1. The number of ketones is 1. The Morgan fingerprint density at radius 3 is 2.50 bits per heavy atom. The molecule has 0 spiro atoms. The van der Waals surface area contributed by atoms with Crippen LogP contribution in [0, 0.1) is 6.92 Å². The molecule has 17 heteroatoms. The van der Waals surface area contributed by atoms with Crippen molar-refractivity contribution in [3.8, 4) is 0 Å². The lowest BCUT2D eigenvalue weighted by molar-refractivity contribution is -0.139. The third-order valence-electron chi connectivity index (χ3n) is 4.53. The van der Waals surface area contributed by atoms with Gasteiger partial charge in [0.25, 0.3) is 10.0 Å². The molecule has 2 aromatic heterocycles. The summed E-state index contributed by atoms with van der Waals surface area (Å²) < 4.78 is 27.6. The Kier molecular flexibility index (Phi) is 8.73. The van der Waals surface area contributed by atoms with Crippen LogP contribution in [0.5, 0.6) is 0 Å². The fourth-order valence-electron chi connectivity index (χ4n) is 3.00. The van der Waals surface area contributed by atoms with Gasteiger partial charge in [-0.05, 0) is 29.8 Å². The van der Waals surface area contributed by atoms with Crippen LogP contribution in [0.25, 0.3) is 0 Å². The number of nitrogens with zero attached hydrogens (tertiary/aromatic N) is 5. The topological polar surface area (TPSA) is 186 Å². The Balaban J connectivity index is 1.76. The van der Waals surface area contributed by atoms with Gasteiger partial charge in [0.15, 0.2) is 20.9 Å². The van der Waals surface area contributed by atoms with Crippen molar-refractivity contribution >= 4 is 67.4 Å². The number of aryl methyl sites for hydroxylation is 1. The van der Waals surface area contributed by atoms with E-state index in [0.29, 0.717) is 26.9 Å². The van der Waals surface area contributed by atoms with E-state index in [0.717, 1.165) is 4.80 Å². The number of carboxylic acids is 1. The number of tetrazole rings is 1. The van der Waals surface area contributed by atoms with Gasteiger partial charge in [-0.25, -0.2) is 13.4 Å². The van der Waals surface area contributed by atoms with E-state index in [1.807, 2.05) is 0 Å². The summed E-state index contributed by atoms with van der Waals surface area (Å²) in [5, 5.41) is 24.1. The van der Waals surface area contributed by atoms with Crippen molar-refractivity contribution in [1.82, 2.24) is 29.9 Å². The monoisotopic (exact) mass is 575 g/mol. The summed E-state index contributed by atoms with van der Waals surface area (Å²) in [6.07, 6.45) is -0.704. The molecule has 2 heterocycles. The highest BCUT2D eigenvalue weighted by Crippen LogP contribution is 2.28. The smallest absolute Gasteiger partial charge is 0.305 e. The van der Waals surface area contributed by atoms with Gasteiger partial charge in [-0.15, -0.1) is 10.2 Å². The third-order valence-corrected chi connectivity index (χ3v) is 8.40. The number of halogens is 2. The molecule has 1 atom stereocenters. The summed E-state index contributed by atoms with van der Waals surface area (Å²) in [4.78, 5) is 40.3. The van der Waals surface area contributed by atoms with Crippen LogP contribution in [0.2, 0.25) is 10.0 Å². The molecule has 192 valence electrons. The highest BCUT2D eigenvalue weighted by Gasteiger charge is 2.31. The Labute approximate surface area is 218 Å². The Morgan fingerprint density at radius 2 is 1.89 bits per heavy atom. The molecule has 13 nitrogen and oxygen atoms in total. The molecule has 0 aliphatic carbocycles. The zero-order valence-corrected chi connectivity index (χ0v) is 21.9. The number of benzene rings is 1. The van der Waals surface area contributed by atoms with Crippen LogP contribution in [0.1, 0.15) is 30.4 Å². The molecule has 36 heavy (non-hydrogen) atoms. The number of aromatic nitrogens is 5. The summed E-state index contributed by atoms with van der Waals surface area (Å²) >= 11 is 13.0. The first-order valence-electron chi connectivity index (χ1n) is 10.1. The van der Waals surface area contributed by atoms with Crippen LogP contribution in [0.3, 0.4) is 0 Å². The zero-order valence-electron chi connectivity index (χ0n) is 18.7. The molecule has 0 bridgehead atoms. The van der Waals surface area contributed by atoms with Crippen molar-refractivity contribution in [2.75, 3.05) is 5.32 Å². The number of hydrogen-bond donors (Lipinski definition) is 3. The second-order valence-electron chi connectivity index (χ2n) is 7.42. The molecule has 3 rings (SSSR count). The van der Waals surface area contributed by atoms with Gasteiger partial charge >= 0.3 is 5.97 Å². The number of rotatable bonds is 11. The first kappa shape index (κ1) is 27.6. The molecule has 0 saturated carbocycles. The average molecular weight is 576 g/mol. The van der Waals surface area contributed by atoms with Crippen molar-refractivity contribution in [3.63, 3.8) is 0 Å². The molecular weight excluding hydrogens is 557 g/mol. The van der Waals surface area contributed by atoms with Gasteiger partial charge in [0.1, 0.15) is 6.54 Å². The largest absolute Gasteiger partial charge is 0.481 e. The maximum atomic E-state index is 12.9. The number of carboxylic acid groups (broad SMARTS) is 1. The van der Waals surface area contributed by atoms with Gasteiger partial charge in [-0.1, -0.05) is 40.6 Å². The minimum Gasteiger partial charge on any atom is -0.481 e. The molecule has 1 aromatic carbocycles. The van der Waals surface area contributed by atoms with E-state index in [1.54, 1.807) is 18.2 Å². The van der Waals surface area contributed by atoms with Crippen LogP contribution >= 0.6 is 34.5 Å². The lowest BCUT2D eigenvalue weighted by Gasteiger charge is -2.15. The van der Waals surface area contributed by atoms with Gasteiger partial charge in [0.05, 0.1) is 18.2 Å². The normalized spacial score (nSPS) is 12.3. The van der Waals surface area contributed by atoms with Crippen molar-refractivity contribution in [2.24, 2.45) is 0 Å². The Bertz CT molecular complexity index is 1400. The minimum atomic E-state index is -4.36. The summed E-state index contributed by atoms with van der Waals surface area (Å²) in [6, 6.07) is 3.33. The van der Waals surface area contributed by atoms with Gasteiger partial charge in [0.2, 0.25) is 5.91 Å². The molecule has 0 radical (unpaired) electrons. The third kappa shape index (κ3) is 7.04. The van der Waals surface area contributed by atoms with Gasteiger partial charge in [-0.3, -0.25) is 14.4 Å². The SMILES string of the molecule is CC(=O)Nc1nc(C)c(S(=O)(=O)NC(CC(=O)O)C(=O)Cn2nnc(Cc3c(Cl)cccc3Cl)n2)s1. The minimum absolute atomic E-state index is 0.0412. The molecular formula is C19H19Cl2N7O6S2. The molecule has 3 aromatic rings. The van der Waals surface area contributed by atoms with Crippen molar-refractivity contribution in [2.45, 2.75) is 43.5 Å². The summed E-state index contributed by atoms with van der Waals surface area (Å²) in [5.74, 6) is -2.48. The average Bonchev–Trinajstić information content (AvgIpc) is 3.35. The van der Waals surface area contributed by atoms with Crippen molar-refractivity contribution in [1.29, 1.82) is 0 Å². The molecule has 0 saturated heterocycles. The lowest BCUT2D eigenvalue weighted by atomic mass is 10.1. The zero-order chi connectivity index (χ0) is 26.6. The molecule has 0 aliphatic rings. The predicted molar refractivity (Wildman–Crippen MR) is 130 cm³/mol. The van der Waals surface area contributed by atoms with Gasteiger partial charge in [-0.2, -0.15) is 9.52 Å². The van der Waals surface area contributed by atoms with Crippen LogP contribution in [0.4, 0.5) is 5.13 Å². The van der Waals surface area contributed by atoms with Gasteiger partial charge in [0, 0.05) is 23.4 Å². The van der Waals surface area contributed by atoms with Crippen molar-refractivity contribution < 1.29 is 27.9 Å². The number of carbonyl (C=O) groups is 3. The number of nitrogens with one attached hydrogen (secondary N) is 2. The van der Waals surface area contributed by atoms with E-state index in [-0.39, 0.29) is 27.3 Å². The molecule has 1 unspecified atom stereocenters. The predicted octanol–water partition coefficient (Wildman–Crippen LogP) is 1.68. The number of Topliss-reactive ketones (excluding diaryl/α,β-unsaturated/α-hetero) is 1. The molecule has 0 aliphatic heterocycles. The fraction of sp³-hybridized carbons (Fsp3) is 0.316. The molecule has 3 N–H and O–H groups in total. The number of amides is 1. The van der Waals surface area contributed by atoms with E-state index in [1.165, 1.54) is 13.8 Å². The maximum Gasteiger partial charge on any atom is 0.305 e. The highest BCUT2D eigenvalue weighted by atomic mass is 35.5. The number of thiazole rings is 1. The number of hydrogen-bond acceptors (Lipinski definition) is 10. The fourth-order valence-corrected chi connectivity index (χ4v) is 6.22. The number of anilines is 1. The maximum absolute atomic E-state index is 12.9. The summed E-state index contributed by atoms with van der Waals surface area (Å²) in [7, 11) is -4.36. The summed E-state index contributed by atoms with van der Waals surface area (Å²) in [5.41, 5.74) is 0.625. The number of carbonyl (C=O) groups excluding carboxylic acids is 2. The standard InChI is InChI=1S/C19H19Cl2N7O6S2/c1-9-18(35-19(22-9)23-10(2)29)36(33,34)26-14(7-17(31)32)15(30)8-28-25-16(24-27-28)6-11-12(20)4-3-5-13(11)21/h3-5,14,26H,6-8H2,1-2H3,(H,31,32)(H,22,23,29). The van der Waals surface area contributed by atoms with E-state index >= 15 is 0 Å². The molecule has 1 amide bonds. The van der Waals surface area contributed by atoms with Crippen LogP contribution in [-0.2, 0) is 37.4 Å². The van der Waals surface area contributed by atoms with Gasteiger partial charge < -0.3 is 10.4 Å². The van der Waals surface area contributed by atoms with E-state index in [4.69, 9.17) is 23.2 Å². The second-order valence-corrected chi connectivity index (χ2v) is 11.1. The summed E-state index contributed by atoms with van der Waals surface area (Å²) in [6.45, 7) is 2.08. The van der Waals surface area contributed by atoms with E-state index in [2.05, 4.69) is 30.4 Å². The van der Waals surface area contributed by atoms with Crippen LogP contribution < -0.4 is 10.0 Å². The van der Waals surface area contributed by atoms with E-state index < -0.39 is 46.7 Å². The van der Waals surface area contributed by atoms with Crippen molar-refractivity contribution in [3.05, 3.63) is 45.3 Å². The van der Waals surface area contributed by atoms with Crippen LogP contribution in [0.15, 0.2) is 22.4 Å². The Morgan fingerprint density at radius 1 is 1.22 bits per heavy atom. The highest BCUT2D eigenvalue weighted by molar-refractivity contribution is 7.91. The molecule has 0 fully saturated rings. The second kappa shape index (κ2) is 11.4. The quantitative estimate of drug-likeness (QED) is 0.303. The Hall–Kier alpha value is -2.98. The number of aliphatic carboxylic acids is 1.